The van der Waals surface area contributed by atoms with E-state index >= 15 is 0 Å². The number of Topliss-reactive ketones (excluding diaryl/α,β-unsaturated/α-hetero) is 1. The lowest BCUT2D eigenvalue weighted by Gasteiger charge is -2.20. The summed E-state index contributed by atoms with van der Waals surface area (Å²) in [5.74, 6) is 0.556. The summed E-state index contributed by atoms with van der Waals surface area (Å²) in [6, 6.07) is 10.00. The number of carbonyl (C=O) groups excluding carboxylic acids is 1. The summed E-state index contributed by atoms with van der Waals surface area (Å²) in [5, 5.41) is 0. The van der Waals surface area contributed by atoms with Crippen molar-refractivity contribution >= 4 is 5.78 Å². The Morgan fingerprint density at radius 1 is 1.12 bits per heavy atom. The Labute approximate surface area is 103 Å². The van der Waals surface area contributed by atoms with Crippen LogP contribution in [-0.2, 0) is 16.1 Å². The van der Waals surface area contributed by atoms with E-state index in [1.54, 1.807) is 0 Å². The molecule has 0 spiro atoms. The van der Waals surface area contributed by atoms with Crippen LogP contribution in [0.4, 0.5) is 0 Å². The molecule has 1 aliphatic rings. The molecule has 0 bridgehead atoms. The van der Waals surface area contributed by atoms with Crippen LogP contribution >= 0.6 is 0 Å². The first-order valence-corrected chi connectivity index (χ1v) is 6.50. The first kappa shape index (κ1) is 12.3. The number of rotatable bonds is 5. The van der Waals surface area contributed by atoms with Crippen LogP contribution in [0.5, 0.6) is 0 Å². The van der Waals surface area contributed by atoms with Crippen molar-refractivity contribution in [2.75, 3.05) is 6.61 Å². The first-order chi connectivity index (χ1) is 8.36. The van der Waals surface area contributed by atoms with Crippen molar-refractivity contribution in [1.29, 1.82) is 0 Å². The summed E-state index contributed by atoms with van der Waals surface area (Å²) in [7, 11) is 0. The van der Waals surface area contributed by atoms with E-state index in [0.717, 1.165) is 18.4 Å². The zero-order valence-electron chi connectivity index (χ0n) is 10.2. The molecule has 1 aliphatic carbocycles. The molecule has 2 rings (SSSR count). The zero-order chi connectivity index (χ0) is 11.9. The third kappa shape index (κ3) is 3.97. The van der Waals surface area contributed by atoms with Gasteiger partial charge in [0, 0.05) is 5.92 Å². The molecule has 0 amide bonds. The van der Waals surface area contributed by atoms with Gasteiger partial charge in [0.15, 0.2) is 5.78 Å². The molecule has 17 heavy (non-hydrogen) atoms. The van der Waals surface area contributed by atoms with Crippen LogP contribution in [-0.4, -0.2) is 12.4 Å². The largest absolute Gasteiger partial charge is 0.369 e. The van der Waals surface area contributed by atoms with Crippen molar-refractivity contribution in [2.24, 2.45) is 5.92 Å². The van der Waals surface area contributed by atoms with Crippen LogP contribution in [0.1, 0.15) is 37.7 Å². The molecule has 1 aromatic carbocycles. The van der Waals surface area contributed by atoms with Gasteiger partial charge in [0.2, 0.25) is 0 Å². The second-order valence-corrected chi connectivity index (χ2v) is 4.78. The van der Waals surface area contributed by atoms with Crippen LogP contribution in [0.2, 0.25) is 0 Å². The maximum absolute atomic E-state index is 11.9. The average Bonchev–Trinajstić information content (AvgIpc) is 2.41. The van der Waals surface area contributed by atoms with Crippen LogP contribution in [0.15, 0.2) is 30.3 Å². The minimum atomic E-state index is 0.263. The van der Waals surface area contributed by atoms with Crippen molar-refractivity contribution in [3.8, 4) is 0 Å². The van der Waals surface area contributed by atoms with Gasteiger partial charge in [-0.3, -0.25) is 4.79 Å². The quantitative estimate of drug-likeness (QED) is 0.778. The van der Waals surface area contributed by atoms with Gasteiger partial charge in [0.1, 0.15) is 6.61 Å². The number of hydrogen-bond donors (Lipinski definition) is 0. The van der Waals surface area contributed by atoms with Gasteiger partial charge < -0.3 is 4.74 Å². The number of ether oxygens (including phenoxy) is 1. The highest BCUT2D eigenvalue weighted by Gasteiger charge is 2.20. The zero-order valence-corrected chi connectivity index (χ0v) is 10.2. The molecule has 0 unspecified atom stereocenters. The lowest BCUT2D eigenvalue weighted by atomic mass is 9.86. The third-order valence-electron chi connectivity index (χ3n) is 3.42. The second-order valence-electron chi connectivity index (χ2n) is 4.78. The van der Waals surface area contributed by atoms with Gasteiger partial charge in [-0.2, -0.15) is 0 Å². The molecule has 0 aliphatic heterocycles. The van der Waals surface area contributed by atoms with Gasteiger partial charge in [-0.15, -0.1) is 0 Å². The number of carbonyl (C=O) groups is 1. The number of hydrogen-bond acceptors (Lipinski definition) is 2. The van der Waals surface area contributed by atoms with E-state index in [0.29, 0.717) is 12.4 Å². The summed E-state index contributed by atoms with van der Waals surface area (Å²) in [5.41, 5.74) is 1.13. The Morgan fingerprint density at radius 2 is 1.82 bits per heavy atom. The van der Waals surface area contributed by atoms with Gasteiger partial charge >= 0.3 is 0 Å². The fourth-order valence-electron chi connectivity index (χ4n) is 2.39. The lowest BCUT2D eigenvalue weighted by molar-refractivity contribution is -0.128. The molecule has 0 aromatic heterocycles. The average molecular weight is 232 g/mol. The van der Waals surface area contributed by atoms with E-state index in [4.69, 9.17) is 4.74 Å². The fourth-order valence-corrected chi connectivity index (χ4v) is 2.39. The van der Waals surface area contributed by atoms with Crippen LogP contribution < -0.4 is 0 Å². The summed E-state index contributed by atoms with van der Waals surface area (Å²) < 4.78 is 5.49. The van der Waals surface area contributed by atoms with Crippen LogP contribution in [0.25, 0.3) is 0 Å². The molecule has 0 heterocycles. The summed E-state index contributed by atoms with van der Waals surface area (Å²) in [4.78, 5) is 11.9. The molecule has 1 saturated carbocycles. The monoisotopic (exact) mass is 232 g/mol. The first-order valence-electron chi connectivity index (χ1n) is 6.50. The lowest BCUT2D eigenvalue weighted by Crippen LogP contribution is -2.22. The summed E-state index contributed by atoms with van der Waals surface area (Å²) >= 11 is 0. The van der Waals surface area contributed by atoms with Crippen molar-refractivity contribution in [3.05, 3.63) is 35.9 Å². The smallest absolute Gasteiger partial charge is 0.161 e. The minimum absolute atomic E-state index is 0.263. The maximum atomic E-state index is 11.9. The van der Waals surface area contributed by atoms with E-state index in [-0.39, 0.29) is 12.5 Å². The standard InChI is InChI=1S/C15H20O2/c16-15(14-9-5-2-6-10-14)12-17-11-13-7-3-1-4-8-13/h1,3-4,7-8,14H,2,5-6,9-12H2. The number of benzene rings is 1. The highest BCUT2D eigenvalue weighted by atomic mass is 16.5. The van der Waals surface area contributed by atoms with E-state index in [2.05, 4.69) is 0 Å². The Balaban J connectivity index is 1.69. The Bertz CT molecular complexity index is 339. The van der Waals surface area contributed by atoms with E-state index in [9.17, 15) is 4.79 Å². The SMILES string of the molecule is O=C(COCc1ccccc1)C1CCCCC1. The van der Waals surface area contributed by atoms with Crippen molar-refractivity contribution < 1.29 is 9.53 Å². The molecule has 0 atom stereocenters. The third-order valence-corrected chi connectivity index (χ3v) is 3.42. The molecule has 0 N–H and O–H groups in total. The van der Waals surface area contributed by atoms with Crippen LogP contribution in [0, 0.1) is 5.92 Å². The molecule has 2 heteroatoms. The van der Waals surface area contributed by atoms with Crippen molar-refractivity contribution in [2.45, 2.75) is 38.7 Å². The molecule has 1 aromatic rings. The summed E-state index contributed by atoms with van der Waals surface area (Å²) in [6.07, 6.45) is 5.82. The molecule has 2 nitrogen and oxygen atoms in total. The predicted molar refractivity (Wildman–Crippen MR) is 67.7 cm³/mol. The van der Waals surface area contributed by atoms with Crippen molar-refractivity contribution in [1.82, 2.24) is 0 Å². The molecule has 0 saturated heterocycles. The van der Waals surface area contributed by atoms with Gasteiger partial charge in [0.05, 0.1) is 6.61 Å². The highest BCUT2D eigenvalue weighted by Crippen LogP contribution is 2.24. The van der Waals surface area contributed by atoms with Gasteiger partial charge in [-0.1, -0.05) is 49.6 Å². The molecular weight excluding hydrogens is 212 g/mol. The topological polar surface area (TPSA) is 26.3 Å². The molecule has 1 fully saturated rings. The molecule has 92 valence electrons. The maximum Gasteiger partial charge on any atom is 0.161 e. The Morgan fingerprint density at radius 3 is 2.53 bits per heavy atom. The predicted octanol–water partition coefficient (Wildman–Crippen LogP) is 3.35. The fraction of sp³-hybridized carbons (Fsp3) is 0.533. The summed E-state index contributed by atoms with van der Waals surface area (Å²) in [6.45, 7) is 0.818. The molecular formula is C15H20O2. The van der Waals surface area contributed by atoms with E-state index in [1.807, 2.05) is 30.3 Å². The van der Waals surface area contributed by atoms with E-state index in [1.165, 1.54) is 19.3 Å². The highest BCUT2D eigenvalue weighted by molar-refractivity contribution is 5.82. The second kappa shape index (κ2) is 6.55. The Hall–Kier alpha value is -1.15. The van der Waals surface area contributed by atoms with E-state index < -0.39 is 0 Å². The van der Waals surface area contributed by atoms with Gasteiger partial charge in [-0.05, 0) is 18.4 Å². The van der Waals surface area contributed by atoms with Crippen LogP contribution in [0.3, 0.4) is 0 Å². The minimum Gasteiger partial charge on any atom is -0.369 e. The van der Waals surface area contributed by atoms with Gasteiger partial charge in [0.25, 0.3) is 0 Å². The Kier molecular flexibility index (Phi) is 4.75. The number of ketones is 1. The normalized spacial score (nSPS) is 16.9. The van der Waals surface area contributed by atoms with Crippen molar-refractivity contribution in [3.63, 3.8) is 0 Å². The van der Waals surface area contributed by atoms with Gasteiger partial charge in [-0.25, -0.2) is 0 Å². The molecule has 0 radical (unpaired) electrons.